The summed E-state index contributed by atoms with van der Waals surface area (Å²) in [6, 6.07) is 8.71. The molecule has 0 spiro atoms. The van der Waals surface area contributed by atoms with Crippen molar-refractivity contribution in [2.75, 3.05) is 5.32 Å². The van der Waals surface area contributed by atoms with E-state index < -0.39 is 17.6 Å². The van der Waals surface area contributed by atoms with Gasteiger partial charge in [0.05, 0.1) is 11.2 Å². The number of hydrogen-bond acceptors (Lipinski definition) is 3. The van der Waals surface area contributed by atoms with Crippen molar-refractivity contribution in [1.29, 1.82) is 0 Å². The SMILES string of the molecule is Cc1c(C2CC(F)(F)C2)nn(C(C)(C)C)c1NC(=O)Oc1ccccc1. The minimum absolute atomic E-state index is 0.205. The van der Waals surface area contributed by atoms with Crippen LogP contribution in [0.4, 0.5) is 19.4 Å². The van der Waals surface area contributed by atoms with Gasteiger partial charge in [-0.25, -0.2) is 18.3 Å². The molecule has 1 aliphatic rings. The number of benzene rings is 1. The summed E-state index contributed by atoms with van der Waals surface area (Å²) >= 11 is 0. The number of anilines is 1. The summed E-state index contributed by atoms with van der Waals surface area (Å²) in [6.45, 7) is 7.60. The Labute approximate surface area is 151 Å². The summed E-state index contributed by atoms with van der Waals surface area (Å²) in [5.41, 5.74) is 0.885. The van der Waals surface area contributed by atoms with Gasteiger partial charge in [0.25, 0.3) is 0 Å². The van der Waals surface area contributed by atoms with E-state index in [0.29, 0.717) is 22.8 Å². The fourth-order valence-corrected chi connectivity index (χ4v) is 3.11. The number of aromatic nitrogens is 2. The normalized spacial score (nSPS) is 16.8. The number of halogens is 2. The van der Waals surface area contributed by atoms with Crippen LogP contribution >= 0.6 is 0 Å². The number of ether oxygens (including phenoxy) is 1. The Morgan fingerprint density at radius 3 is 2.42 bits per heavy atom. The zero-order valence-corrected chi connectivity index (χ0v) is 15.3. The molecule has 0 unspecified atom stereocenters. The molecule has 1 heterocycles. The van der Waals surface area contributed by atoms with E-state index in [-0.39, 0.29) is 18.8 Å². The highest BCUT2D eigenvalue weighted by Gasteiger charge is 2.48. The molecule has 1 fully saturated rings. The van der Waals surface area contributed by atoms with Crippen molar-refractivity contribution < 1.29 is 18.3 Å². The van der Waals surface area contributed by atoms with E-state index in [2.05, 4.69) is 10.4 Å². The van der Waals surface area contributed by atoms with Crippen LogP contribution in [0.2, 0.25) is 0 Å². The van der Waals surface area contributed by atoms with E-state index in [1.54, 1.807) is 35.9 Å². The Morgan fingerprint density at radius 1 is 1.27 bits per heavy atom. The first kappa shape index (κ1) is 18.4. The number of rotatable bonds is 3. The average molecular weight is 363 g/mol. The number of amides is 1. The quantitative estimate of drug-likeness (QED) is 0.828. The summed E-state index contributed by atoms with van der Waals surface area (Å²) in [5.74, 6) is -2.02. The van der Waals surface area contributed by atoms with Crippen molar-refractivity contribution in [2.24, 2.45) is 0 Å². The maximum Gasteiger partial charge on any atom is 0.418 e. The molecule has 2 aromatic rings. The molecule has 3 rings (SSSR count). The molecule has 1 amide bonds. The number of para-hydroxylation sites is 1. The second kappa shape index (κ2) is 6.37. The molecule has 0 saturated heterocycles. The summed E-state index contributed by atoms with van der Waals surface area (Å²) < 4.78 is 33.5. The first-order valence-electron chi connectivity index (χ1n) is 8.58. The minimum atomic E-state index is -2.62. The molecule has 26 heavy (non-hydrogen) atoms. The van der Waals surface area contributed by atoms with Crippen LogP contribution in [-0.2, 0) is 5.54 Å². The Balaban J connectivity index is 1.85. The number of alkyl halides is 2. The number of carbonyl (C=O) groups is 1. The van der Waals surface area contributed by atoms with Crippen molar-refractivity contribution >= 4 is 11.9 Å². The van der Waals surface area contributed by atoms with E-state index in [1.165, 1.54) is 0 Å². The highest BCUT2D eigenvalue weighted by Crippen LogP contribution is 2.49. The van der Waals surface area contributed by atoms with Crippen LogP contribution < -0.4 is 10.1 Å². The molecule has 7 heteroatoms. The van der Waals surface area contributed by atoms with E-state index in [9.17, 15) is 13.6 Å². The smallest absolute Gasteiger partial charge is 0.410 e. The van der Waals surface area contributed by atoms with Crippen molar-refractivity contribution in [3.63, 3.8) is 0 Å². The highest BCUT2D eigenvalue weighted by atomic mass is 19.3. The third kappa shape index (κ3) is 3.71. The van der Waals surface area contributed by atoms with Gasteiger partial charge < -0.3 is 4.74 Å². The fourth-order valence-electron chi connectivity index (χ4n) is 3.11. The molecule has 1 aromatic carbocycles. The fraction of sp³-hybridized carbons (Fsp3) is 0.474. The van der Waals surface area contributed by atoms with Gasteiger partial charge in [0.2, 0.25) is 5.92 Å². The summed E-state index contributed by atoms with van der Waals surface area (Å²) in [7, 11) is 0. The molecule has 0 radical (unpaired) electrons. The average Bonchev–Trinajstić information content (AvgIpc) is 2.83. The monoisotopic (exact) mass is 363 g/mol. The zero-order valence-electron chi connectivity index (χ0n) is 15.3. The zero-order chi connectivity index (χ0) is 19.1. The van der Waals surface area contributed by atoms with Gasteiger partial charge >= 0.3 is 6.09 Å². The molecular weight excluding hydrogens is 340 g/mol. The van der Waals surface area contributed by atoms with Crippen molar-refractivity contribution in [1.82, 2.24) is 9.78 Å². The maximum atomic E-state index is 13.3. The third-order valence-corrected chi connectivity index (χ3v) is 4.45. The lowest BCUT2D eigenvalue weighted by Crippen LogP contribution is -2.34. The van der Waals surface area contributed by atoms with Gasteiger partial charge in [-0.3, -0.25) is 5.32 Å². The molecule has 1 aliphatic carbocycles. The molecule has 0 atom stereocenters. The van der Waals surface area contributed by atoms with Crippen LogP contribution in [0, 0.1) is 6.92 Å². The van der Waals surface area contributed by atoms with Gasteiger partial charge in [0, 0.05) is 24.3 Å². The van der Waals surface area contributed by atoms with Crippen LogP contribution in [0.25, 0.3) is 0 Å². The first-order valence-corrected chi connectivity index (χ1v) is 8.58. The number of hydrogen-bond donors (Lipinski definition) is 1. The van der Waals surface area contributed by atoms with E-state index >= 15 is 0 Å². The lowest BCUT2D eigenvalue weighted by atomic mass is 9.78. The van der Waals surface area contributed by atoms with Gasteiger partial charge in [-0.05, 0) is 39.8 Å². The largest absolute Gasteiger partial charge is 0.418 e. The number of nitrogens with zero attached hydrogens (tertiary/aromatic N) is 2. The summed E-state index contributed by atoms with van der Waals surface area (Å²) in [6.07, 6.45) is -1.05. The molecule has 1 N–H and O–H groups in total. The lowest BCUT2D eigenvalue weighted by molar-refractivity contribution is -0.0878. The lowest BCUT2D eigenvalue weighted by Gasteiger charge is -2.34. The molecule has 5 nitrogen and oxygen atoms in total. The molecule has 0 aliphatic heterocycles. The molecule has 1 saturated carbocycles. The Hall–Kier alpha value is -2.44. The second-order valence-corrected chi connectivity index (χ2v) is 7.73. The van der Waals surface area contributed by atoms with E-state index in [1.807, 2.05) is 26.8 Å². The molecule has 140 valence electrons. The third-order valence-electron chi connectivity index (χ3n) is 4.45. The van der Waals surface area contributed by atoms with Crippen molar-refractivity contribution in [2.45, 2.75) is 57.9 Å². The summed E-state index contributed by atoms with van der Waals surface area (Å²) in [5, 5.41) is 7.27. The van der Waals surface area contributed by atoms with Crippen LogP contribution in [0.15, 0.2) is 30.3 Å². The van der Waals surface area contributed by atoms with Gasteiger partial charge in [0.15, 0.2) is 0 Å². The van der Waals surface area contributed by atoms with Crippen LogP contribution in [0.1, 0.15) is 50.8 Å². The first-order chi connectivity index (χ1) is 12.1. The number of nitrogens with one attached hydrogen (secondary N) is 1. The standard InChI is InChI=1S/C19H23F2N3O2/c1-12-15(13-10-19(20,21)11-13)23-24(18(2,3)4)16(12)22-17(25)26-14-8-6-5-7-9-14/h5-9,13H,10-11H2,1-4H3,(H,22,25). The Bertz CT molecular complexity index is 802. The van der Waals surface area contributed by atoms with Crippen LogP contribution in [-0.4, -0.2) is 21.8 Å². The molecular formula is C19H23F2N3O2. The van der Waals surface area contributed by atoms with Crippen molar-refractivity contribution in [3.8, 4) is 5.75 Å². The predicted octanol–water partition coefficient (Wildman–Crippen LogP) is 5.07. The van der Waals surface area contributed by atoms with Gasteiger partial charge in [-0.15, -0.1) is 0 Å². The Kier molecular flexibility index (Phi) is 4.50. The molecule has 1 aromatic heterocycles. The maximum absolute atomic E-state index is 13.3. The van der Waals surface area contributed by atoms with Gasteiger partial charge in [0.1, 0.15) is 11.6 Å². The predicted molar refractivity (Wildman–Crippen MR) is 95.0 cm³/mol. The molecule has 0 bridgehead atoms. The van der Waals surface area contributed by atoms with E-state index in [4.69, 9.17) is 4.74 Å². The minimum Gasteiger partial charge on any atom is -0.410 e. The highest BCUT2D eigenvalue weighted by molar-refractivity contribution is 5.86. The second-order valence-electron chi connectivity index (χ2n) is 7.73. The number of carbonyl (C=O) groups excluding carboxylic acids is 1. The van der Waals surface area contributed by atoms with Gasteiger partial charge in [-0.1, -0.05) is 18.2 Å². The van der Waals surface area contributed by atoms with E-state index in [0.717, 1.165) is 0 Å². The van der Waals surface area contributed by atoms with Crippen molar-refractivity contribution in [3.05, 3.63) is 41.6 Å². The van der Waals surface area contributed by atoms with Gasteiger partial charge in [-0.2, -0.15) is 5.10 Å². The Morgan fingerprint density at radius 2 is 1.88 bits per heavy atom. The summed E-state index contributed by atoms with van der Waals surface area (Å²) in [4.78, 5) is 12.3. The van der Waals surface area contributed by atoms with Crippen LogP contribution in [0.5, 0.6) is 5.75 Å². The van der Waals surface area contributed by atoms with Crippen LogP contribution in [0.3, 0.4) is 0 Å². The topological polar surface area (TPSA) is 56.2 Å².